The molecule has 3 rings (SSSR count). The summed E-state index contributed by atoms with van der Waals surface area (Å²) in [5.74, 6) is -0.455. The van der Waals surface area contributed by atoms with Crippen LogP contribution in [0.5, 0.6) is 0 Å². The molecule has 0 fully saturated rings. The highest BCUT2D eigenvalue weighted by atomic mass is 16.1. The van der Waals surface area contributed by atoms with Gasteiger partial charge in [-0.2, -0.15) is 0 Å². The van der Waals surface area contributed by atoms with Gasteiger partial charge in [-0.1, -0.05) is 6.07 Å². The summed E-state index contributed by atoms with van der Waals surface area (Å²) in [6.07, 6.45) is 6.47. The number of hydrogen-bond acceptors (Lipinski definition) is 3. The molecule has 1 heterocycles. The fourth-order valence-corrected chi connectivity index (χ4v) is 2.74. The van der Waals surface area contributed by atoms with Crippen molar-refractivity contribution in [2.45, 2.75) is 32.2 Å². The zero-order chi connectivity index (χ0) is 14.1. The molecule has 0 bridgehead atoms. The minimum atomic E-state index is -0.455. The molecule has 1 aliphatic carbocycles. The molecule has 0 radical (unpaired) electrons. The van der Waals surface area contributed by atoms with Crippen molar-refractivity contribution in [3.63, 3.8) is 0 Å². The van der Waals surface area contributed by atoms with E-state index in [9.17, 15) is 4.79 Å². The number of nitrogens with zero attached hydrogens (tertiary/aromatic N) is 2. The third kappa shape index (κ3) is 2.27. The SMILES string of the molecule is NC(=O)c1ccc(Cn2cnc3c2CCCC3)c(N)c1. The molecule has 4 N–H and O–H groups in total. The molecular weight excluding hydrogens is 252 g/mol. The smallest absolute Gasteiger partial charge is 0.248 e. The quantitative estimate of drug-likeness (QED) is 0.828. The molecule has 5 heteroatoms. The Bertz CT molecular complexity index is 660. The normalized spacial score (nSPS) is 14.0. The number of aryl methyl sites for hydroxylation is 1. The zero-order valence-corrected chi connectivity index (χ0v) is 11.3. The lowest BCUT2D eigenvalue weighted by molar-refractivity contribution is 0.100. The van der Waals surface area contributed by atoms with Gasteiger partial charge < -0.3 is 16.0 Å². The second-order valence-electron chi connectivity index (χ2n) is 5.25. The lowest BCUT2D eigenvalue weighted by atomic mass is 10.0. The van der Waals surface area contributed by atoms with Crippen molar-refractivity contribution in [3.05, 3.63) is 47.0 Å². The Balaban J connectivity index is 1.88. The van der Waals surface area contributed by atoms with Crippen LogP contribution in [0.1, 0.15) is 40.2 Å². The van der Waals surface area contributed by atoms with Crippen LogP contribution >= 0.6 is 0 Å². The number of fused-ring (bicyclic) bond motifs is 1. The number of carbonyl (C=O) groups is 1. The van der Waals surface area contributed by atoms with Gasteiger partial charge in [-0.15, -0.1) is 0 Å². The van der Waals surface area contributed by atoms with Gasteiger partial charge in [0.15, 0.2) is 0 Å². The third-order valence-corrected chi connectivity index (χ3v) is 3.88. The summed E-state index contributed by atoms with van der Waals surface area (Å²) in [6, 6.07) is 5.23. The lowest BCUT2D eigenvalue weighted by Gasteiger charge is -2.15. The van der Waals surface area contributed by atoms with E-state index in [1.165, 1.54) is 24.2 Å². The van der Waals surface area contributed by atoms with Crippen molar-refractivity contribution < 1.29 is 4.79 Å². The van der Waals surface area contributed by atoms with Crippen molar-refractivity contribution in [2.24, 2.45) is 5.73 Å². The molecule has 0 spiro atoms. The van der Waals surface area contributed by atoms with Crippen molar-refractivity contribution >= 4 is 11.6 Å². The van der Waals surface area contributed by atoms with Gasteiger partial charge in [0.25, 0.3) is 0 Å². The summed E-state index contributed by atoms with van der Waals surface area (Å²) < 4.78 is 2.16. The first-order chi connectivity index (χ1) is 9.65. The van der Waals surface area contributed by atoms with E-state index >= 15 is 0 Å². The Morgan fingerprint density at radius 1 is 1.30 bits per heavy atom. The van der Waals surface area contributed by atoms with Gasteiger partial charge in [0.1, 0.15) is 0 Å². The molecule has 1 aliphatic rings. The number of nitrogen functional groups attached to an aromatic ring is 1. The number of imidazole rings is 1. The largest absolute Gasteiger partial charge is 0.398 e. The van der Waals surface area contributed by atoms with Crippen LogP contribution < -0.4 is 11.5 Å². The molecular formula is C15H18N4O. The maximum absolute atomic E-state index is 11.1. The maximum Gasteiger partial charge on any atom is 0.248 e. The van der Waals surface area contributed by atoms with Crippen LogP contribution in [0.15, 0.2) is 24.5 Å². The highest BCUT2D eigenvalue weighted by Crippen LogP contribution is 2.22. The van der Waals surface area contributed by atoms with Gasteiger partial charge in [-0.25, -0.2) is 4.98 Å². The Kier molecular flexibility index (Phi) is 3.18. The fraction of sp³-hybridized carbons (Fsp3) is 0.333. The van der Waals surface area contributed by atoms with Gasteiger partial charge in [0.2, 0.25) is 5.91 Å². The number of anilines is 1. The summed E-state index contributed by atoms with van der Waals surface area (Å²) in [5, 5.41) is 0. The predicted octanol–water partition coefficient (Wildman–Crippen LogP) is 1.49. The summed E-state index contributed by atoms with van der Waals surface area (Å²) in [7, 11) is 0. The van der Waals surface area contributed by atoms with Crippen molar-refractivity contribution in [3.8, 4) is 0 Å². The van der Waals surface area contributed by atoms with Gasteiger partial charge >= 0.3 is 0 Å². The van der Waals surface area contributed by atoms with Crippen LogP contribution in [-0.2, 0) is 19.4 Å². The number of hydrogen-bond donors (Lipinski definition) is 2. The number of amides is 1. The minimum Gasteiger partial charge on any atom is -0.398 e. The summed E-state index contributed by atoms with van der Waals surface area (Å²) in [4.78, 5) is 15.6. The average Bonchev–Trinajstić information content (AvgIpc) is 2.84. The number of rotatable bonds is 3. The molecule has 1 aromatic heterocycles. The first-order valence-electron chi connectivity index (χ1n) is 6.86. The lowest BCUT2D eigenvalue weighted by Crippen LogP contribution is -2.13. The predicted molar refractivity (Wildman–Crippen MR) is 77.3 cm³/mol. The molecule has 1 amide bonds. The second-order valence-corrected chi connectivity index (χ2v) is 5.25. The van der Waals surface area contributed by atoms with Gasteiger partial charge in [-0.3, -0.25) is 4.79 Å². The van der Waals surface area contributed by atoms with Crippen LogP contribution in [0.25, 0.3) is 0 Å². The number of nitrogens with two attached hydrogens (primary N) is 2. The molecule has 0 atom stereocenters. The molecule has 5 nitrogen and oxygen atoms in total. The monoisotopic (exact) mass is 270 g/mol. The van der Waals surface area contributed by atoms with E-state index in [4.69, 9.17) is 11.5 Å². The first-order valence-corrected chi connectivity index (χ1v) is 6.86. The van der Waals surface area contributed by atoms with E-state index in [1.54, 1.807) is 12.1 Å². The van der Waals surface area contributed by atoms with Crippen LogP contribution in [0.3, 0.4) is 0 Å². The Morgan fingerprint density at radius 3 is 2.85 bits per heavy atom. The van der Waals surface area contributed by atoms with Crippen LogP contribution in [-0.4, -0.2) is 15.5 Å². The number of carbonyl (C=O) groups excluding carboxylic acids is 1. The third-order valence-electron chi connectivity index (χ3n) is 3.88. The fourth-order valence-electron chi connectivity index (χ4n) is 2.74. The Morgan fingerprint density at radius 2 is 2.10 bits per heavy atom. The van der Waals surface area contributed by atoms with Gasteiger partial charge in [0, 0.05) is 16.9 Å². The first kappa shape index (κ1) is 12.7. The summed E-state index contributed by atoms with van der Waals surface area (Å²) in [6.45, 7) is 0.688. The van der Waals surface area contributed by atoms with Crippen molar-refractivity contribution in [1.82, 2.24) is 9.55 Å². The molecule has 1 aromatic carbocycles. The highest BCUT2D eigenvalue weighted by molar-refractivity contribution is 5.93. The van der Waals surface area contributed by atoms with E-state index in [0.717, 1.165) is 18.4 Å². The molecule has 0 saturated carbocycles. The standard InChI is InChI=1S/C15H18N4O/c16-12-7-10(15(17)20)5-6-11(12)8-19-9-18-13-3-1-2-4-14(13)19/h5-7,9H,1-4,8,16H2,(H2,17,20). The van der Waals surface area contributed by atoms with E-state index < -0.39 is 5.91 Å². The van der Waals surface area contributed by atoms with E-state index in [-0.39, 0.29) is 0 Å². The van der Waals surface area contributed by atoms with Crippen LogP contribution in [0, 0.1) is 0 Å². The van der Waals surface area contributed by atoms with Gasteiger partial charge in [-0.05, 0) is 43.4 Å². The van der Waals surface area contributed by atoms with E-state index in [0.29, 0.717) is 17.8 Å². The zero-order valence-electron chi connectivity index (χ0n) is 11.3. The average molecular weight is 270 g/mol. The molecule has 2 aromatic rings. The minimum absolute atomic E-state index is 0.443. The molecule has 0 saturated heterocycles. The highest BCUT2D eigenvalue weighted by Gasteiger charge is 2.15. The molecule has 104 valence electrons. The van der Waals surface area contributed by atoms with Crippen LogP contribution in [0.2, 0.25) is 0 Å². The molecule has 0 aliphatic heterocycles. The topological polar surface area (TPSA) is 86.9 Å². The summed E-state index contributed by atoms with van der Waals surface area (Å²) >= 11 is 0. The maximum atomic E-state index is 11.1. The van der Waals surface area contributed by atoms with E-state index in [2.05, 4.69) is 9.55 Å². The molecule has 20 heavy (non-hydrogen) atoms. The Labute approximate surface area is 117 Å². The van der Waals surface area contributed by atoms with Crippen molar-refractivity contribution in [1.29, 1.82) is 0 Å². The number of aromatic nitrogens is 2. The number of benzene rings is 1. The van der Waals surface area contributed by atoms with E-state index in [1.807, 2.05) is 12.4 Å². The summed E-state index contributed by atoms with van der Waals surface area (Å²) in [5.41, 5.74) is 15.8. The second kappa shape index (κ2) is 5.00. The van der Waals surface area contributed by atoms with Gasteiger partial charge in [0.05, 0.1) is 18.6 Å². The van der Waals surface area contributed by atoms with Crippen LogP contribution in [0.4, 0.5) is 5.69 Å². The molecule has 0 unspecified atom stereocenters. The van der Waals surface area contributed by atoms with Crippen molar-refractivity contribution in [2.75, 3.05) is 5.73 Å². The Hall–Kier alpha value is -2.30. The number of primary amides is 1.